The van der Waals surface area contributed by atoms with E-state index in [0.29, 0.717) is 0 Å². The van der Waals surface area contributed by atoms with Crippen LogP contribution in [0.5, 0.6) is 0 Å². The first-order chi connectivity index (χ1) is 6.91. The molecule has 1 rings (SSSR count). The minimum atomic E-state index is -1.60. The number of rotatable bonds is 3. The zero-order chi connectivity index (χ0) is 11.6. The van der Waals surface area contributed by atoms with Crippen molar-refractivity contribution in [2.45, 2.75) is 45.6 Å². The highest BCUT2D eigenvalue weighted by molar-refractivity contribution is 6.10. The monoisotopic (exact) mass is 206 g/mol. The Morgan fingerprint density at radius 2 is 1.47 bits per heavy atom. The zero-order valence-electron chi connectivity index (χ0n) is 9.66. The summed E-state index contributed by atoms with van der Waals surface area (Å²) in [5.41, 5.74) is 1.69. The van der Waals surface area contributed by atoms with Crippen molar-refractivity contribution in [3.63, 3.8) is 0 Å². The molecule has 0 aliphatic carbocycles. The molecule has 0 saturated heterocycles. The molecule has 80 valence electrons. The normalized spacial score (nSPS) is 13.5. The summed E-state index contributed by atoms with van der Waals surface area (Å²) in [6.07, 6.45) is -1.60. The van der Waals surface area contributed by atoms with Gasteiger partial charge in [-0.1, -0.05) is 27.7 Å². The van der Waals surface area contributed by atoms with Crippen molar-refractivity contribution in [1.29, 1.82) is 0 Å². The molecule has 0 saturated carbocycles. The second kappa shape index (κ2) is 4.73. The molecular weight excluding hydrogens is 190 g/mol. The van der Waals surface area contributed by atoms with Gasteiger partial charge in [-0.25, -0.2) is 9.97 Å². The Balaban J connectivity index is 3.20. The average molecular weight is 206 g/mol. The van der Waals surface area contributed by atoms with Gasteiger partial charge in [0.15, 0.2) is 5.82 Å². The van der Waals surface area contributed by atoms with Crippen LogP contribution >= 0.6 is 0 Å². The fourth-order valence-electron chi connectivity index (χ4n) is 1.22. The van der Waals surface area contributed by atoms with Gasteiger partial charge in [0.25, 0.3) is 0 Å². The predicted molar refractivity (Wildman–Crippen MR) is 59.8 cm³/mol. The molecule has 0 aliphatic rings. The minimum Gasteiger partial charge on any atom is -0.250 e. The smallest absolute Gasteiger partial charge is 0.153 e. The third-order valence-electron chi connectivity index (χ3n) is 2.21. The number of hydrogen-bond acceptors (Lipinski definition) is 2. The van der Waals surface area contributed by atoms with E-state index in [-0.39, 0.29) is 17.7 Å². The Morgan fingerprint density at radius 3 is 1.73 bits per heavy atom. The van der Waals surface area contributed by atoms with E-state index in [1.165, 1.54) is 0 Å². The van der Waals surface area contributed by atoms with E-state index < -0.39 is 6.07 Å². The van der Waals surface area contributed by atoms with Gasteiger partial charge in [-0.2, -0.15) is 0 Å². The van der Waals surface area contributed by atoms with Gasteiger partial charge in [0.1, 0.15) is 13.9 Å². The van der Waals surface area contributed by atoms with E-state index in [1.54, 1.807) is 0 Å². The van der Waals surface area contributed by atoms with Crippen LogP contribution in [-0.2, 0) is 0 Å². The maximum Gasteiger partial charge on any atom is 0.153 e. The molecule has 4 heteroatoms. The fourth-order valence-corrected chi connectivity index (χ4v) is 1.22. The van der Waals surface area contributed by atoms with Crippen LogP contribution in [0.25, 0.3) is 0 Å². The quantitative estimate of drug-likeness (QED) is 0.710. The lowest BCUT2D eigenvalue weighted by atomic mass is 9.99. The third-order valence-corrected chi connectivity index (χ3v) is 2.21. The van der Waals surface area contributed by atoms with Crippen molar-refractivity contribution in [1.82, 2.24) is 9.97 Å². The van der Waals surface area contributed by atoms with E-state index in [9.17, 15) is 4.39 Å². The van der Waals surface area contributed by atoms with Crippen LogP contribution in [0, 0.1) is 0 Å². The average Bonchev–Trinajstić information content (AvgIpc) is 2.16. The summed E-state index contributed by atoms with van der Waals surface area (Å²) in [5.74, 6) is 0.593. The van der Waals surface area contributed by atoms with Gasteiger partial charge < -0.3 is 0 Å². The maximum atomic E-state index is 13.0. The van der Waals surface area contributed by atoms with E-state index in [4.69, 9.17) is 7.85 Å². The molecule has 0 bridgehead atoms. The molecule has 0 spiro atoms. The lowest BCUT2D eigenvalue weighted by Gasteiger charge is -2.12. The van der Waals surface area contributed by atoms with Crippen LogP contribution in [0.3, 0.4) is 0 Å². The van der Waals surface area contributed by atoms with Crippen LogP contribution in [0.4, 0.5) is 4.39 Å². The molecule has 1 heterocycles. The number of alkyl halides is 1. The summed E-state index contributed by atoms with van der Waals surface area (Å²) in [6, 6.07) is 1.92. The van der Waals surface area contributed by atoms with Gasteiger partial charge >= 0.3 is 0 Å². The highest BCUT2D eigenvalue weighted by atomic mass is 19.1. The zero-order valence-corrected chi connectivity index (χ0v) is 9.66. The molecule has 0 amide bonds. The van der Waals surface area contributed by atoms with Gasteiger partial charge in [-0.3, -0.25) is 4.39 Å². The highest BCUT2D eigenvalue weighted by Gasteiger charge is 2.13. The van der Waals surface area contributed by atoms with Gasteiger partial charge in [0, 0.05) is 11.4 Å². The lowest BCUT2D eigenvalue weighted by molar-refractivity contribution is 0.436. The molecule has 0 aromatic carbocycles. The molecule has 1 aromatic heterocycles. The number of halogens is 1. The van der Waals surface area contributed by atoms with Gasteiger partial charge in [-0.05, 0) is 17.9 Å². The Kier molecular flexibility index (Phi) is 3.83. The lowest BCUT2D eigenvalue weighted by Crippen LogP contribution is -2.08. The van der Waals surface area contributed by atoms with E-state index >= 15 is 0 Å². The van der Waals surface area contributed by atoms with Crippen LogP contribution in [0.15, 0.2) is 6.07 Å². The summed E-state index contributed by atoms with van der Waals surface area (Å²) in [5, 5.41) is 0. The molecular formula is C11H16BFN2. The molecule has 2 nitrogen and oxygen atoms in total. The first-order valence-electron chi connectivity index (χ1n) is 5.20. The molecule has 0 fully saturated rings. The Morgan fingerprint density at radius 1 is 1.07 bits per heavy atom. The Bertz CT molecular complexity index is 273. The Hall–Kier alpha value is -0.925. The minimum absolute atomic E-state index is 0.0879. The number of nitrogens with zero attached hydrogens (tertiary/aromatic N) is 2. The van der Waals surface area contributed by atoms with Crippen LogP contribution < -0.4 is 0 Å². The largest absolute Gasteiger partial charge is 0.250 e. The molecule has 2 radical (unpaired) electrons. The van der Waals surface area contributed by atoms with E-state index in [1.807, 2.05) is 33.8 Å². The van der Waals surface area contributed by atoms with Crippen molar-refractivity contribution < 1.29 is 4.39 Å². The van der Waals surface area contributed by atoms with Gasteiger partial charge in [0.05, 0.1) is 0 Å². The van der Waals surface area contributed by atoms with Crippen molar-refractivity contribution in [3.05, 3.63) is 23.3 Å². The van der Waals surface area contributed by atoms with Crippen molar-refractivity contribution >= 4 is 7.85 Å². The van der Waals surface area contributed by atoms with Crippen LogP contribution in [0.1, 0.15) is 62.8 Å². The topological polar surface area (TPSA) is 25.8 Å². The molecule has 1 unspecified atom stereocenters. The second-order valence-corrected chi connectivity index (χ2v) is 4.29. The van der Waals surface area contributed by atoms with E-state index in [0.717, 1.165) is 11.4 Å². The van der Waals surface area contributed by atoms with Crippen molar-refractivity contribution in [3.8, 4) is 0 Å². The van der Waals surface area contributed by atoms with Crippen LogP contribution in [-0.4, -0.2) is 17.8 Å². The predicted octanol–water partition coefficient (Wildman–Crippen LogP) is 2.86. The van der Waals surface area contributed by atoms with E-state index in [2.05, 4.69) is 9.97 Å². The second-order valence-electron chi connectivity index (χ2n) is 4.29. The highest BCUT2D eigenvalue weighted by Crippen LogP contribution is 2.20. The van der Waals surface area contributed by atoms with Gasteiger partial charge in [-0.15, -0.1) is 0 Å². The Labute approximate surface area is 91.7 Å². The SMILES string of the molecule is [B]C(F)c1nc(C(C)C)cc(C(C)C)n1. The van der Waals surface area contributed by atoms with Gasteiger partial charge in [0.2, 0.25) is 0 Å². The summed E-state index contributed by atoms with van der Waals surface area (Å²) in [6.45, 7) is 8.06. The molecule has 1 atom stereocenters. The first kappa shape index (κ1) is 12.1. The molecule has 15 heavy (non-hydrogen) atoms. The summed E-state index contributed by atoms with van der Waals surface area (Å²) < 4.78 is 13.0. The number of aromatic nitrogens is 2. The van der Waals surface area contributed by atoms with Crippen molar-refractivity contribution in [2.75, 3.05) is 0 Å². The molecule has 0 aliphatic heterocycles. The van der Waals surface area contributed by atoms with Crippen molar-refractivity contribution in [2.24, 2.45) is 0 Å². The summed E-state index contributed by atoms with van der Waals surface area (Å²) in [7, 11) is 5.16. The fraction of sp³-hybridized carbons (Fsp3) is 0.636. The van der Waals surface area contributed by atoms with Crippen LogP contribution in [0.2, 0.25) is 0 Å². The number of hydrogen-bond donors (Lipinski definition) is 0. The summed E-state index contributed by atoms with van der Waals surface area (Å²) in [4.78, 5) is 8.21. The third kappa shape index (κ3) is 3.01. The maximum absolute atomic E-state index is 13.0. The molecule has 1 aromatic rings. The summed E-state index contributed by atoms with van der Waals surface area (Å²) >= 11 is 0. The first-order valence-corrected chi connectivity index (χ1v) is 5.20. The molecule has 0 N–H and O–H groups in total. The standard InChI is InChI=1S/C11H16BFN2/c1-6(2)8-5-9(7(3)4)15-11(14-8)10(12)13/h5-7,10H,1-4H3.